The predicted molar refractivity (Wildman–Crippen MR) is 83.2 cm³/mol. The van der Waals surface area contributed by atoms with Crippen molar-refractivity contribution in [2.24, 2.45) is 7.05 Å². The lowest BCUT2D eigenvalue weighted by molar-refractivity contribution is -0.0313. The second kappa shape index (κ2) is 6.58. The third kappa shape index (κ3) is 3.54. The molecule has 1 fully saturated rings. The van der Waals surface area contributed by atoms with Gasteiger partial charge < -0.3 is 4.74 Å². The van der Waals surface area contributed by atoms with Gasteiger partial charge in [0.15, 0.2) is 0 Å². The van der Waals surface area contributed by atoms with E-state index < -0.39 is 0 Å². The van der Waals surface area contributed by atoms with Crippen LogP contribution in [-0.2, 0) is 11.8 Å². The Morgan fingerprint density at radius 2 is 2.14 bits per heavy atom. The molecule has 5 heteroatoms. The van der Waals surface area contributed by atoms with E-state index in [4.69, 9.17) is 4.74 Å². The van der Waals surface area contributed by atoms with Crippen LogP contribution >= 0.6 is 0 Å². The first-order valence-corrected chi connectivity index (χ1v) is 7.70. The SMILES string of the molecule is C[C@H](CN1CCO[C@H](c2cnn(C)c2)C1)c1ccc(F)cc1. The summed E-state index contributed by atoms with van der Waals surface area (Å²) in [4.78, 5) is 2.41. The molecule has 22 heavy (non-hydrogen) atoms. The zero-order chi connectivity index (χ0) is 15.5. The largest absolute Gasteiger partial charge is 0.371 e. The van der Waals surface area contributed by atoms with Crippen molar-refractivity contribution in [2.45, 2.75) is 18.9 Å². The van der Waals surface area contributed by atoms with E-state index in [9.17, 15) is 4.39 Å². The van der Waals surface area contributed by atoms with Gasteiger partial charge in [-0.3, -0.25) is 9.58 Å². The van der Waals surface area contributed by atoms with Gasteiger partial charge in [-0.15, -0.1) is 0 Å². The number of rotatable bonds is 4. The minimum absolute atomic E-state index is 0.0860. The average molecular weight is 303 g/mol. The Labute approximate surface area is 130 Å². The molecule has 1 aromatic carbocycles. The van der Waals surface area contributed by atoms with Crippen LogP contribution in [-0.4, -0.2) is 40.9 Å². The topological polar surface area (TPSA) is 30.3 Å². The lowest BCUT2D eigenvalue weighted by atomic mass is 10.00. The summed E-state index contributed by atoms with van der Waals surface area (Å²) in [7, 11) is 1.92. The van der Waals surface area contributed by atoms with Gasteiger partial charge in [0.1, 0.15) is 5.82 Å². The minimum Gasteiger partial charge on any atom is -0.371 e. The molecule has 1 aliphatic heterocycles. The summed E-state index contributed by atoms with van der Waals surface area (Å²) in [5, 5.41) is 4.22. The molecule has 0 bridgehead atoms. The molecule has 2 aromatic rings. The smallest absolute Gasteiger partial charge is 0.123 e. The molecule has 0 spiro atoms. The summed E-state index contributed by atoms with van der Waals surface area (Å²) in [5.41, 5.74) is 2.30. The molecule has 2 heterocycles. The molecule has 0 unspecified atom stereocenters. The highest BCUT2D eigenvalue weighted by atomic mass is 19.1. The monoisotopic (exact) mass is 303 g/mol. The zero-order valence-electron chi connectivity index (χ0n) is 13.1. The van der Waals surface area contributed by atoms with Gasteiger partial charge >= 0.3 is 0 Å². The van der Waals surface area contributed by atoms with Crippen molar-refractivity contribution in [1.29, 1.82) is 0 Å². The Kier molecular flexibility index (Phi) is 4.55. The maximum atomic E-state index is 13.0. The van der Waals surface area contributed by atoms with E-state index in [1.807, 2.05) is 31.6 Å². The standard InChI is InChI=1S/C17H22FN3O/c1-13(14-3-5-16(18)6-4-14)10-21-7-8-22-17(12-21)15-9-19-20(2)11-15/h3-6,9,11,13,17H,7-8,10,12H2,1-2H3/t13-,17+/m1/s1. The number of benzene rings is 1. The molecule has 0 saturated carbocycles. The summed E-state index contributed by atoms with van der Waals surface area (Å²) >= 11 is 0. The fourth-order valence-electron chi connectivity index (χ4n) is 2.96. The molecule has 0 aliphatic carbocycles. The highest BCUT2D eigenvalue weighted by Gasteiger charge is 2.24. The number of aromatic nitrogens is 2. The third-order valence-electron chi connectivity index (χ3n) is 4.22. The molecule has 1 aliphatic rings. The van der Waals surface area contributed by atoms with Gasteiger partial charge in [-0.1, -0.05) is 19.1 Å². The van der Waals surface area contributed by atoms with Gasteiger partial charge in [0.05, 0.1) is 18.9 Å². The lowest BCUT2D eigenvalue weighted by Gasteiger charge is -2.34. The number of nitrogens with zero attached hydrogens (tertiary/aromatic N) is 3. The van der Waals surface area contributed by atoms with Crippen molar-refractivity contribution in [3.05, 3.63) is 53.6 Å². The number of hydrogen-bond acceptors (Lipinski definition) is 3. The molecule has 118 valence electrons. The Bertz CT molecular complexity index is 611. The first-order valence-electron chi connectivity index (χ1n) is 7.70. The van der Waals surface area contributed by atoms with E-state index in [2.05, 4.69) is 16.9 Å². The number of ether oxygens (including phenoxy) is 1. The third-order valence-corrected chi connectivity index (χ3v) is 4.22. The normalized spacial score (nSPS) is 21.0. The Morgan fingerprint density at radius 1 is 1.36 bits per heavy atom. The molecule has 0 N–H and O–H groups in total. The molecule has 3 rings (SSSR count). The van der Waals surface area contributed by atoms with E-state index in [0.29, 0.717) is 5.92 Å². The van der Waals surface area contributed by atoms with Crippen molar-refractivity contribution < 1.29 is 9.13 Å². The van der Waals surface area contributed by atoms with Gasteiger partial charge in [0.25, 0.3) is 0 Å². The second-order valence-corrected chi connectivity index (χ2v) is 6.02. The van der Waals surface area contributed by atoms with Crippen LogP contribution in [0.1, 0.15) is 30.1 Å². The van der Waals surface area contributed by atoms with Crippen LogP contribution in [0.15, 0.2) is 36.7 Å². The van der Waals surface area contributed by atoms with Crippen LogP contribution in [0.4, 0.5) is 4.39 Å². The van der Waals surface area contributed by atoms with Crippen molar-refractivity contribution >= 4 is 0 Å². The van der Waals surface area contributed by atoms with Gasteiger partial charge in [-0.05, 0) is 23.6 Å². The van der Waals surface area contributed by atoms with Gasteiger partial charge in [0, 0.05) is 38.4 Å². The molecule has 1 saturated heterocycles. The van der Waals surface area contributed by atoms with Crippen molar-refractivity contribution in [3.63, 3.8) is 0 Å². The number of morpholine rings is 1. The molecule has 0 radical (unpaired) electrons. The van der Waals surface area contributed by atoms with Crippen molar-refractivity contribution in [1.82, 2.24) is 14.7 Å². The zero-order valence-corrected chi connectivity index (χ0v) is 13.1. The maximum absolute atomic E-state index is 13.0. The van der Waals surface area contributed by atoms with Gasteiger partial charge in [-0.2, -0.15) is 5.10 Å². The summed E-state index contributed by atoms with van der Waals surface area (Å²) < 4.78 is 20.7. The molecular weight excluding hydrogens is 281 g/mol. The summed E-state index contributed by atoms with van der Waals surface area (Å²) in [6.07, 6.45) is 3.97. The Hall–Kier alpha value is -1.72. The Morgan fingerprint density at radius 3 is 2.82 bits per heavy atom. The highest BCUT2D eigenvalue weighted by molar-refractivity contribution is 5.20. The molecule has 0 amide bonds. The second-order valence-electron chi connectivity index (χ2n) is 6.02. The highest BCUT2D eigenvalue weighted by Crippen LogP contribution is 2.24. The molecule has 2 atom stereocenters. The maximum Gasteiger partial charge on any atom is 0.123 e. The van der Waals surface area contributed by atoms with Gasteiger partial charge in [-0.25, -0.2) is 4.39 Å². The number of hydrogen-bond donors (Lipinski definition) is 0. The molecule has 1 aromatic heterocycles. The molecule has 4 nitrogen and oxygen atoms in total. The first kappa shape index (κ1) is 15.2. The first-order chi connectivity index (χ1) is 10.6. The van der Waals surface area contributed by atoms with Crippen LogP contribution in [0.3, 0.4) is 0 Å². The Balaban J connectivity index is 1.61. The van der Waals surface area contributed by atoms with E-state index in [0.717, 1.165) is 31.8 Å². The minimum atomic E-state index is -0.182. The van der Waals surface area contributed by atoms with E-state index >= 15 is 0 Å². The number of halogens is 1. The fourth-order valence-corrected chi connectivity index (χ4v) is 2.96. The van der Waals surface area contributed by atoms with Crippen molar-refractivity contribution in [2.75, 3.05) is 26.2 Å². The quantitative estimate of drug-likeness (QED) is 0.870. The predicted octanol–water partition coefficient (Wildman–Crippen LogP) is 2.74. The fraction of sp³-hybridized carbons (Fsp3) is 0.471. The summed E-state index contributed by atoms with van der Waals surface area (Å²) in [6, 6.07) is 6.81. The van der Waals surface area contributed by atoms with E-state index in [1.54, 1.807) is 4.68 Å². The van der Waals surface area contributed by atoms with E-state index in [1.165, 1.54) is 17.7 Å². The number of aryl methyl sites for hydroxylation is 1. The van der Waals surface area contributed by atoms with Crippen LogP contribution in [0.5, 0.6) is 0 Å². The van der Waals surface area contributed by atoms with E-state index in [-0.39, 0.29) is 11.9 Å². The summed E-state index contributed by atoms with van der Waals surface area (Å²) in [5.74, 6) is 0.187. The van der Waals surface area contributed by atoms with Crippen molar-refractivity contribution in [3.8, 4) is 0 Å². The van der Waals surface area contributed by atoms with Crippen LogP contribution in [0, 0.1) is 5.82 Å². The van der Waals surface area contributed by atoms with Gasteiger partial charge in [0.2, 0.25) is 0 Å². The van der Waals surface area contributed by atoms with Crippen LogP contribution in [0.25, 0.3) is 0 Å². The molecular formula is C17H22FN3O. The average Bonchev–Trinajstić information content (AvgIpc) is 2.95. The van der Waals surface area contributed by atoms with Crippen LogP contribution < -0.4 is 0 Å². The lowest BCUT2D eigenvalue weighted by Crippen LogP contribution is -2.40. The summed E-state index contributed by atoms with van der Waals surface area (Å²) in [6.45, 7) is 5.67. The van der Waals surface area contributed by atoms with Crippen LogP contribution in [0.2, 0.25) is 0 Å².